The number of nitrogens with one attached hydrogen (secondary N) is 2. The Balaban J connectivity index is 1.37. The number of carbonyl (C=O) groups is 3. The lowest BCUT2D eigenvalue weighted by Gasteiger charge is -2.26. The van der Waals surface area contributed by atoms with E-state index in [-0.39, 0.29) is 22.7 Å². The van der Waals surface area contributed by atoms with Gasteiger partial charge in [0.05, 0.1) is 12.6 Å². The molecule has 0 aliphatic carbocycles. The van der Waals surface area contributed by atoms with Gasteiger partial charge in [0.15, 0.2) is 17.2 Å². The van der Waals surface area contributed by atoms with Crippen LogP contribution in [0.4, 0.5) is 10.6 Å². The van der Waals surface area contributed by atoms with Crippen LogP contribution in [0.25, 0.3) is 11.1 Å². The van der Waals surface area contributed by atoms with Crippen molar-refractivity contribution in [2.24, 2.45) is 0 Å². The summed E-state index contributed by atoms with van der Waals surface area (Å²) in [6.07, 6.45) is 1.64. The number of nitrogens with zero attached hydrogens (tertiary/aromatic N) is 3. The molecule has 2 aromatic heterocycles. The summed E-state index contributed by atoms with van der Waals surface area (Å²) in [4.78, 5) is 40.9. The topological polar surface area (TPSA) is 119 Å². The molecule has 0 atom stereocenters. The van der Waals surface area contributed by atoms with E-state index in [0.717, 1.165) is 35.4 Å². The monoisotopic (exact) mass is 529 g/mol. The molecule has 202 valence electrons. The zero-order valence-corrected chi connectivity index (χ0v) is 22.2. The molecule has 2 N–H and O–H groups in total. The van der Waals surface area contributed by atoms with Crippen LogP contribution < -0.4 is 10.6 Å². The zero-order chi connectivity index (χ0) is 27.6. The van der Waals surface area contributed by atoms with Crippen molar-refractivity contribution in [3.8, 4) is 0 Å². The fraction of sp³-hybridized carbons (Fsp3) is 0.310. The van der Waals surface area contributed by atoms with Crippen molar-refractivity contribution in [2.45, 2.75) is 38.8 Å². The van der Waals surface area contributed by atoms with Gasteiger partial charge in [-0.25, -0.2) is 4.79 Å². The molecule has 0 radical (unpaired) electrons. The molecular weight excluding hydrogens is 498 g/mol. The van der Waals surface area contributed by atoms with E-state index in [9.17, 15) is 14.4 Å². The van der Waals surface area contributed by atoms with Gasteiger partial charge in [-0.1, -0.05) is 42.5 Å². The fourth-order valence-corrected chi connectivity index (χ4v) is 4.74. The highest BCUT2D eigenvalue weighted by Gasteiger charge is 2.28. The first-order chi connectivity index (χ1) is 18.7. The van der Waals surface area contributed by atoms with Gasteiger partial charge in [-0.3, -0.25) is 14.5 Å². The van der Waals surface area contributed by atoms with Gasteiger partial charge < -0.3 is 19.8 Å². The first kappa shape index (κ1) is 26.2. The minimum Gasteiger partial charge on any atom is -0.451 e. The van der Waals surface area contributed by atoms with Crippen molar-refractivity contribution in [1.29, 1.82) is 0 Å². The number of furan rings is 1. The number of carbonyl (C=O) groups excluding carboxylic acids is 3. The number of hydrogen-bond acceptors (Lipinski definition) is 7. The maximum atomic E-state index is 13.1. The second-order valence-corrected chi connectivity index (χ2v) is 10.1. The third kappa shape index (κ3) is 5.56. The molecule has 10 nitrogen and oxygen atoms in total. The molecule has 39 heavy (non-hydrogen) atoms. The van der Waals surface area contributed by atoms with Crippen molar-refractivity contribution in [1.82, 2.24) is 20.0 Å². The quantitative estimate of drug-likeness (QED) is 0.354. The van der Waals surface area contributed by atoms with Gasteiger partial charge in [0.25, 0.3) is 11.8 Å². The predicted molar refractivity (Wildman–Crippen MR) is 146 cm³/mol. The molecule has 1 aliphatic heterocycles. The number of aromatic nitrogens is 2. The third-order valence-electron chi connectivity index (χ3n) is 6.90. The van der Waals surface area contributed by atoms with E-state index >= 15 is 0 Å². The Hall–Kier alpha value is -4.44. The highest BCUT2D eigenvalue weighted by atomic mass is 16.5. The maximum absolute atomic E-state index is 13.1. The average molecular weight is 530 g/mol. The number of fused-ring (bicyclic) bond motifs is 1. The molecule has 10 heteroatoms. The first-order valence-corrected chi connectivity index (χ1v) is 12.9. The van der Waals surface area contributed by atoms with E-state index in [1.54, 1.807) is 12.1 Å². The number of benzene rings is 2. The SMILES string of the molecule is COC(=O)n1nc(NC(=O)c2ccc(CN3CCCC3)cc2)c2oc(C(=O)NC(C)(C)c3ccccc3)cc21. The Kier molecular flexibility index (Phi) is 7.21. The lowest BCUT2D eigenvalue weighted by atomic mass is 9.94. The van der Waals surface area contributed by atoms with E-state index < -0.39 is 23.4 Å². The summed E-state index contributed by atoms with van der Waals surface area (Å²) in [5.41, 5.74) is 2.06. The molecule has 4 aromatic rings. The maximum Gasteiger partial charge on any atom is 0.435 e. The number of anilines is 1. The van der Waals surface area contributed by atoms with Crippen molar-refractivity contribution in [3.63, 3.8) is 0 Å². The van der Waals surface area contributed by atoms with E-state index in [2.05, 4.69) is 20.6 Å². The van der Waals surface area contributed by atoms with Gasteiger partial charge in [-0.2, -0.15) is 4.68 Å². The molecule has 2 amide bonds. The Morgan fingerprint density at radius 1 is 1.00 bits per heavy atom. The average Bonchev–Trinajstić information content (AvgIpc) is 3.67. The van der Waals surface area contributed by atoms with Crippen LogP contribution in [0, 0.1) is 0 Å². The molecule has 1 saturated heterocycles. The lowest BCUT2D eigenvalue weighted by molar-refractivity contribution is 0.0885. The molecular formula is C29H31N5O5. The molecule has 1 aliphatic rings. The summed E-state index contributed by atoms with van der Waals surface area (Å²) in [5, 5.41) is 9.83. The summed E-state index contributed by atoms with van der Waals surface area (Å²) < 4.78 is 11.6. The first-order valence-electron chi connectivity index (χ1n) is 12.9. The Morgan fingerprint density at radius 3 is 2.36 bits per heavy atom. The highest BCUT2D eigenvalue weighted by Crippen LogP contribution is 2.29. The summed E-state index contributed by atoms with van der Waals surface area (Å²) in [5.74, 6) is -0.942. The van der Waals surface area contributed by atoms with E-state index in [0.29, 0.717) is 5.56 Å². The largest absolute Gasteiger partial charge is 0.451 e. The van der Waals surface area contributed by atoms with Crippen LogP contribution in [0.5, 0.6) is 0 Å². The van der Waals surface area contributed by atoms with Crippen LogP contribution in [0.2, 0.25) is 0 Å². The van der Waals surface area contributed by atoms with Gasteiger partial charge in [-0.05, 0) is 63.0 Å². The van der Waals surface area contributed by atoms with Gasteiger partial charge >= 0.3 is 6.09 Å². The molecule has 0 spiro atoms. The van der Waals surface area contributed by atoms with Crippen LogP contribution in [-0.2, 0) is 16.8 Å². The zero-order valence-electron chi connectivity index (χ0n) is 22.2. The summed E-state index contributed by atoms with van der Waals surface area (Å²) in [7, 11) is 1.22. The number of ether oxygens (including phenoxy) is 1. The van der Waals surface area contributed by atoms with E-state index in [1.807, 2.05) is 56.3 Å². The normalized spacial score (nSPS) is 13.9. The highest BCUT2D eigenvalue weighted by molar-refractivity contribution is 6.08. The molecule has 0 bridgehead atoms. The van der Waals surface area contributed by atoms with Crippen LogP contribution in [0.3, 0.4) is 0 Å². The van der Waals surface area contributed by atoms with E-state index in [4.69, 9.17) is 9.15 Å². The molecule has 3 heterocycles. The number of likely N-dealkylation sites (tertiary alicyclic amines) is 1. The minimum absolute atomic E-state index is 0.00270. The van der Waals surface area contributed by atoms with Gasteiger partial charge in [-0.15, -0.1) is 5.10 Å². The third-order valence-corrected chi connectivity index (χ3v) is 6.90. The number of methoxy groups -OCH3 is 1. The molecule has 0 unspecified atom stereocenters. The van der Waals surface area contributed by atoms with Crippen LogP contribution in [-0.4, -0.2) is 52.8 Å². The number of rotatable bonds is 7. The van der Waals surface area contributed by atoms with Crippen molar-refractivity contribution in [2.75, 3.05) is 25.5 Å². The Bertz CT molecular complexity index is 1500. The minimum atomic E-state index is -0.788. The van der Waals surface area contributed by atoms with Crippen LogP contribution in [0.1, 0.15) is 58.7 Å². The predicted octanol–water partition coefficient (Wildman–Crippen LogP) is 4.76. The number of amides is 2. The number of hydrogen-bond donors (Lipinski definition) is 2. The van der Waals surface area contributed by atoms with E-state index in [1.165, 1.54) is 26.0 Å². The van der Waals surface area contributed by atoms with Crippen molar-refractivity contribution in [3.05, 3.63) is 83.1 Å². The van der Waals surface area contributed by atoms with Gasteiger partial charge in [0.2, 0.25) is 0 Å². The second kappa shape index (κ2) is 10.7. The second-order valence-electron chi connectivity index (χ2n) is 10.1. The molecule has 5 rings (SSSR count). The van der Waals surface area contributed by atoms with Crippen molar-refractivity contribution < 1.29 is 23.5 Å². The standard InChI is InChI=1S/C29H31N5O5/c1-29(2,21-9-5-4-6-10-21)31-27(36)23-17-22-24(39-23)25(32-34(22)28(37)38-3)30-26(35)20-13-11-19(12-14-20)18-33-15-7-8-16-33/h4-6,9-14,17H,7-8,15-16,18H2,1-3H3,(H,31,36)(H,30,32,35). The Labute approximate surface area is 225 Å². The van der Waals surface area contributed by atoms with Gasteiger partial charge in [0.1, 0.15) is 5.52 Å². The van der Waals surface area contributed by atoms with Crippen molar-refractivity contribution >= 4 is 34.8 Å². The van der Waals surface area contributed by atoms with Gasteiger partial charge in [0, 0.05) is 18.2 Å². The molecule has 1 fully saturated rings. The Morgan fingerprint density at radius 2 is 1.69 bits per heavy atom. The lowest BCUT2D eigenvalue weighted by Crippen LogP contribution is -2.40. The summed E-state index contributed by atoms with van der Waals surface area (Å²) in [6, 6.07) is 18.3. The molecule has 2 aromatic carbocycles. The fourth-order valence-electron chi connectivity index (χ4n) is 4.74. The summed E-state index contributed by atoms with van der Waals surface area (Å²) >= 11 is 0. The van der Waals surface area contributed by atoms with Crippen LogP contribution in [0.15, 0.2) is 65.1 Å². The summed E-state index contributed by atoms with van der Waals surface area (Å²) in [6.45, 7) is 6.79. The van der Waals surface area contributed by atoms with Crippen LogP contribution >= 0.6 is 0 Å². The molecule has 0 saturated carbocycles. The smallest absolute Gasteiger partial charge is 0.435 e.